The Morgan fingerprint density at radius 2 is 1.64 bits per heavy atom. The molecule has 3 aromatic rings. The summed E-state index contributed by atoms with van der Waals surface area (Å²) in [5, 5.41) is 3.24. The Kier molecular flexibility index (Phi) is 7.52. The Bertz CT molecular complexity index is 1400. The highest BCUT2D eigenvalue weighted by molar-refractivity contribution is 6.39. The number of imide groups is 2. The quantitative estimate of drug-likeness (QED) is 0.264. The number of barbiturate groups is 1. The van der Waals surface area contributed by atoms with E-state index in [0.717, 1.165) is 16.0 Å². The predicted molar refractivity (Wildman–Crippen MR) is 137 cm³/mol. The largest absolute Gasteiger partial charge is 0.462 e. The maximum absolute atomic E-state index is 13.1. The average Bonchev–Trinajstić information content (AvgIpc) is 2.85. The maximum Gasteiger partial charge on any atom is 0.338 e. The summed E-state index contributed by atoms with van der Waals surface area (Å²) in [5.41, 5.74) is 2.47. The van der Waals surface area contributed by atoms with Gasteiger partial charge in [-0.25, -0.2) is 14.5 Å². The molecule has 1 aliphatic heterocycles. The summed E-state index contributed by atoms with van der Waals surface area (Å²) >= 11 is 12.7. The van der Waals surface area contributed by atoms with E-state index in [-0.39, 0.29) is 23.4 Å². The Morgan fingerprint density at radius 1 is 0.944 bits per heavy atom. The summed E-state index contributed by atoms with van der Waals surface area (Å²) in [6.07, 6.45) is 1.88. The molecule has 1 heterocycles. The number of anilines is 1. The number of benzene rings is 3. The lowest BCUT2D eigenvalue weighted by Crippen LogP contribution is -2.54. The number of nitrogens with zero attached hydrogens (tertiary/aromatic N) is 1. The van der Waals surface area contributed by atoms with Crippen LogP contribution in [0.2, 0.25) is 10.0 Å². The molecule has 36 heavy (non-hydrogen) atoms. The molecule has 0 aliphatic carbocycles. The minimum absolute atomic E-state index is 0.192. The summed E-state index contributed by atoms with van der Waals surface area (Å²) < 4.78 is 4.94. The van der Waals surface area contributed by atoms with E-state index in [1.807, 2.05) is 18.2 Å². The SMILES string of the molecule is CCOC(=O)c1ccc(N2C(=O)NC(=O)/C(=C\c3ccc(Cc4ccccc4Cl)c(Cl)c3)C2=O)cc1. The Hall–Kier alpha value is -3.94. The molecule has 3 aromatic carbocycles. The summed E-state index contributed by atoms with van der Waals surface area (Å²) in [4.78, 5) is 50.8. The molecule has 0 aromatic heterocycles. The Labute approximate surface area is 217 Å². The third kappa shape index (κ3) is 5.32. The molecule has 4 amide bonds. The molecular formula is C27H20Cl2N2O5. The summed E-state index contributed by atoms with van der Waals surface area (Å²) in [6, 6.07) is 17.4. The van der Waals surface area contributed by atoms with Crippen molar-refractivity contribution < 1.29 is 23.9 Å². The van der Waals surface area contributed by atoms with Gasteiger partial charge in [0.15, 0.2) is 0 Å². The number of halogens is 2. The number of hydrogen-bond acceptors (Lipinski definition) is 5. The highest BCUT2D eigenvalue weighted by Gasteiger charge is 2.36. The molecule has 0 unspecified atom stereocenters. The van der Waals surface area contributed by atoms with Crippen LogP contribution in [-0.4, -0.2) is 30.4 Å². The standard InChI is InChI=1S/C27H20Cl2N2O5/c1-2-36-26(34)17-9-11-20(12-10-17)31-25(33)21(24(32)30-27(31)35)13-16-7-8-19(23(29)14-16)15-18-5-3-4-6-22(18)28/h3-14H,2,15H2,1H3,(H,30,32,35)/b21-13+. The molecule has 182 valence electrons. The average molecular weight is 523 g/mol. The minimum atomic E-state index is -0.890. The van der Waals surface area contributed by atoms with Gasteiger partial charge in [-0.15, -0.1) is 0 Å². The van der Waals surface area contributed by atoms with Gasteiger partial charge in [-0.3, -0.25) is 14.9 Å². The van der Waals surface area contributed by atoms with Crippen molar-refractivity contribution in [3.05, 3.63) is 105 Å². The topological polar surface area (TPSA) is 92.8 Å². The van der Waals surface area contributed by atoms with E-state index in [4.69, 9.17) is 27.9 Å². The molecule has 0 atom stereocenters. The van der Waals surface area contributed by atoms with Crippen molar-refractivity contribution in [2.75, 3.05) is 11.5 Å². The highest BCUT2D eigenvalue weighted by Crippen LogP contribution is 2.27. The second kappa shape index (κ2) is 10.8. The first-order valence-electron chi connectivity index (χ1n) is 11.0. The van der Waals surface area contributed by atoms with E-state index in [1.165, 1.54) is 30.3 Å². The van der Waals surface area contributed by atoms with Gasteiger partial charge in [-0.05, 0) is 66.1 Å². The number of esters is 1. The molecule has 0 bridgehead atoms. The van der Waals surface area contributed by atoms with Crippen molar-refractivity contribution in [1.82, 2.24) is 5.32 Å². The summed E-state index contributed by atoms with van der Waals surface area (Å²) in [6.45, 7) is 1.91. The Morgan fingerprint density at radius 3 is 2.31 bits per heavy atom. The number of carbonyl (C=O) groups excluding carboxylic acids is 4. The van der Waals surface area contributed by atoms with Gasteiger partial charge in [0.1, 0.15) is 5.57 Å². The van der Waals surface area contributed by atoms with Gasteiger partial charge in [-0.1, -0.05) is 53.5 Å². The van der Waals surface area contributed by atoms with Crippen molar-refractivity contribution in [3.63, 3.8) is 0 Å². The molecule has 0 saturated carbocycles. The number of ether oxygens (including phenoxy) is 1. The number of carbonyl (C=O) groups is 4. The van der Waals surface area contributed by atoms with Crippen LogP contribution >= 0.6 is 23.2 Å². The second-order valence-electron chi connectivity index (χ2n) is 7.84. The van der Waals surface area contributed by atoms with Gasteiger partial charge in [0.2, 0.25) is 0 Å². The van der Waals surface area contributed by atoms with Crippen molar-refractivity contribution in [2.45, 2.75) is 13.3 Å². The van der Waals surface area contributed by atoms with E-state index >= 15 is 0 Å². The summed E-state index contributed by atoms with van der Waals surface area (Å²) in [5.74, 6) is -2.14. The number of urea groups is 1. The van der Waals surface area contributed by atoms with E-state index in [9.17, 15) is 19.2 Å². The first-order valence-corrected chi connectivity index (χ1v) is 11.7. The minimum Gasteiger partial charge on any atom is -0.462 e. The first-order chi connectivity index (χ1) is 17.3. The van der Waals surface area contributed by atoms with Crippen molar-refractivity contribution in [2.24, 2.45) is 0 Å². The van der Waals surface area contributed by atoms with Crippen molar-refractivity contribution in [3.8, 4) is 0 Å². The van der Waals surface area contributed by atoms with Crippen LogP contribution in [0.25, 0.3) is 6.08 Å². The third-order valence-corrected chi connectivity index (χ3v) is 6.19. The van der Waals surface area contributed by atoms with Crippen molar-refractivity contribution in [1.29, 1.82) is 0 Å². The lowest BCUT2D eigenvalue weighted by molar-refractivity contribution is -0.122. The molecule has 7 nitrogen and oxygen atoms in total. The zero-order valence-electron chi connectivity index (χ0n) is 19.1. The molecule has 4 rings (SSSR count). The fourth-order valence-electron chi connectivity index (χ4n) is 3.66. The molecule has 0 radical (unpaired) electrons. The summed E-state index contributed by atoms with van der Waals surface area (Å²) in [7, 11) is 0. The normalized spacial score (nSPS) is 14.7. The predicted octanol–water partition coefficient (Wildman–Crippen LogP) is 5.43. The van der Waals surface area contributed by atoms with Gasteiger partial charge in [-0.2, -0.15) is 0 Å². The van der Waals surface area contributed by atoms with Crippen LogP contribution in [0.1, 0.15) is 34.0 Å². The molecule has 0 spiro atoms. The molecular weight excluding hydrogens is 503 g/mol. The highest BCUT2D eigenvalue weighted by atomic mass is 35.5. The Balaban J connectivity index is 1.59. The van der Waals surface area contributed by atoms with E-state index in [1.54, 1.807) is 31.2 Å². The van der Waals surface area contributed by atoms with Crippen LogP contribution in [0.4, 0.5) is 10.5 Å². The number of hydrogen-bond donors (Lipinski definition) is 1. The van der Waals surface area contributed by atoms with Crippen LogP contribution in [0.5, 0.6) is 0 Å². The van der Waals surface area contributed by atoms with Crippen LogP contribution in [0.3, 0.4) is 0 Å². The lowest BCUT2D eigenvalue weighted by Gasteiger charge is -2.26. The third-order valence-electron chi connectivity index (χ3n) is 5.47. The van der Waals surface area contributed by atoms with Crippen LogP contribution in [-0.2, 0) is 20.7 Å². The molecule has 1 saturated heterocycles. The molecule has 1 aliphatic rings. The number of nitrogens with one attached hydrogen (secondary N) is 1. The van der Waals surface area contributed by atoms with Gasteiger partial charge >= 0.3 is 12.0 Å². The first kappa shape index (κ1) is 25.2. The molecule has 9 heteroatoms. The van der Waals surface area contributed by atoms with Crippen LogP contribution in [0, 0.1) is 0 Å². The lowest BCUT2D eigenvalue weighted by atomic mass is 10.0. The number of amides is 4. The van der Waals surface area contributed by atoms with Gasteiger partial charge in [0.25, 0.3) is 11.8 Å². The maximum atomic E-state index is 13.1. The fraction of sp³-hybridized carbons (Fsp3) is 0.111. The molecule has 1 fully saturated rings. The van der Waals surface area contributed by atoms with E-state index in [0.29, 0.717) is 22.0 Å². The number of rotatable bonds is 6. The molecule has 1 N–H and O–H groups in total. The smallest absolute Gasteiger partial charge is 0.338 e. The monoisotopic (exact) mass is 522 g/mol. The zero-order chi connectivity index (χ0) is 25.8. The van der Waals surface area contributed by atoms with Gasteiger partial charge in [0, 0.05) is 16.5 Å². The van der Waals surface area contributed by atoms with Crippen LogP contribution in [0.15, 0.2) is 72.3 Å². The second-order valence-corrected chi connectivity index (χ2v) is 8.66. The van der Waals surface area contributed by atoms with Crippen molar-refractivity contribution >= 4 is 58.8 Å². The zero-order valence-corrected chi connectivity index (χ0v) is 20.6. The fourth-order valence-corrected chi connectivity index (χ4v) is 4.12. The van der Waals surface area contributed by atoms with Crippen LogP contribution < -0.4 is 10.2 Å². The van der Waals surface area contributed by atoms with E-state index < -0.39 is 23.8 Å². The van der Waals surface area contributed by atoms with Gasteiger partial charge in [0.05, 0.1) is 17.9 Å². The van der Waals surface area contributed by atoms with Gasteiger partial charge < -0.3 is 4.74 Å². The van der Waals surface area contributed by atoms with E-state index in [2.05, 4.69) is 5.32 Å².